The monoisotopic (exact) mass is 404 g/mol. The van der Waals surface area contributed by atoms with Crippen LogP contribution in [0.15, 0.2) is 47.6 Å². The van der Waals surface area contributed by atoms with Gasteiger partial charge in [-0.05, 0) is 31.4 Å². The molecule has 2 aliphatic rings. The molecule has 4 atom stereocenters. The number of hydrogen-bond acceptors (Lipinski definition) is 8. The quantitative estimate of drug-likeness (QED) is 0.240. The molecule has 156 valence electrons. The first-order valence-electron chi connectivity index (χ1n) is 9.08. The summed E-state index contributed by atoms with van der Waals surface area (Å²) >= 11 is 0. The lowest BCUT2D eigenvalue weighted by Crippen LogP contribution is -2.45. The van der Waals surface area contributed by atoms with Crippen LogP contribution in [-0.2, 0) is 33.4 Å². The molecular weight excluding hydrogens is 380 g/mol. The van der Waals surface area contributed by atoms with E-state index >= 15 is 0 Å². The summed E-state index contributed by atoms with van der Waals surface area (Å²) in [5, 5.41) is 9.61. The summed E-state index contributed by atoms with van der Waals surface area (Å²) in [5.74, 6) is -3.12. The van der Waals surface area contributed by atoms with Gasteiger partial charge in [-0.3, -0.25) is 9.59 Å². The fourth-order valence-electron chi connectivity index (χ4n) is 3.28. The molecule has 0 aromatic rings. The van der Waals surface area contributed by atoms with E-state index < -0.39 is 42.1 Å². The number of aliphatic hydroxyl groups excluding tert-OH is 1. The molecule has 1 heterocycles. The molecule has 0 spiro atoms. The van der Waals surface area contributed by atoms with Crippen LogP contribution in [0.5, 0.6) is 0 Å². The van der Waals surface area contributed by atoms with Crippen molar-refractivity contribution in [2.75, 3.05) is 6.61 Å². The Labute approximate surface area is 168 Å². The van der Waals surface area contributed by atoms with E-state index in [1.165, 1.54) is 6.92 Å². The Kier molecular flexibility index (Phi) is 7.28. The SMILES string of the molecule is C=C(C)C(=O)O[C@@H]1[C@@H]2C(=C)C(=O)O[C@@H]2/C=C(\CO)CC/C=C(/C=O)[C@@H]1OC(C)=O. The maximum atomic E-state index is 12.3. The number of carbonyl (C=O) groups excluding carboxylic acids is 4. The molecule has 0 saturated carbocycles. The number of fused-ring (bicyclic) bond motifs is 1. The number of allylic oxidation sites excluding steroid dienone is 1. The summed E-state index contributed by atoms with van der Waals surface area (Å²) in [5.41, 5.74) is 0.745. The van der Waals surface area contributed by atoms with Gasteiger partial charge in [0.1, 0.15) is 12.4 Å². The number of esters is 3. The van der Waals surface area contributed by atoms with E-state index in [9.17, 15) is 24.3 Å². The average molecular weight is 404 g/mol. The van der Waals surface area contributed by atoms with Gasteiger partial charge in [-0.15, -0.1) is 0 Å². The highest BCUT2D eigenvalue weighted by molar-refractivity contribution is 5.92. The number of rotatable bonds is 5. The van der Waals surface area contributed by atoms with Crippen LogP contribution in [0.3, 0.4) is 0 Å². The molecule has 0 aromatic carbocycles. The van der Waals surface area contributed by atoms with Crippen LogP contribution in [0.1, 0.15) is 26.7 Å². The van der Waals surface area contributed by atoms with Crippen molar-refractivity contribution >= 4 is 24.2 Å². The lowest BCUT2D eigenvalue weighted by Gasteiger charge is -2.33. The predicted molar refractivity (Wildman–Crippen MR) is 101 cm³/mol. The van der Waals surface area contributed by atoms with Gasteiger partial charge >= 0.3 is 17.9 Å². The summed E-state index contributed by atoms with van der Waals surface area (Å²) in [7, 11) is 0. The molecule has 0 bridgehead atoms. The van der Waals surface area contributed by atoms with Crippen molar-refractivity contribution in [2.45, 2.75) is 45.0 Å². The predicted octanol–water partition coefficient (Wildman–Crippen LogP) is 1.34. The molecule has 2 rings (SSSR count). The van der Waals surface area contributed by atoms with E-state index in [0.29, 0.717) is 24.7 Å². The number of aliphatic hydroxyl groups is 1. The zero-order valence-electron chi connectivity index (χ0n) is 16.4. The molecule has 0 aromatic heterocycles. The Bertz CT molecular complexity index is 803. The topological polar surface area (TPSA) is 116 Å². The van der Waals surface area contributed by atoms with Crippen molar-refractivity contribution in [3.05, 3.63) is 47.6 Å². The first-order chi connectivity index (χ1) is 13.7. The summed E-state index contributed by atoms with van der Waals surface area (Å²) in [6, 6.07) is 0. The molecule has 29 heavy (non-hydrogen) atoms. The van der Waals surface area contributed by atoms with E-state index in [1.54, 1.807) is 12.2 Å². The van der Waals surface area contributed by atoms with Crippen LogP contribution >= 0.6 is 0 Å². The Morgan fingerprint density at radius 3 is 2.59 bits per heavy atom. The maximum absolute atomic E-state index is 12.3. The minimum Gasteiger partial charge on any atom is -0.454 e. The van der Waals surface area contributed by atoms with Crippen LogP contribution in [0, 0.1) is 5.92 Å². The summed E-state index contributed by atoms with van der Waals surface area (Å²) < 4.78 is 16.2. The van der Waals surface area contributed by atoms with Gasteiger partial charge < -0.3 is 19.3 Å². The van der Waals surface area contributed by atoms with Crippen LogP contribution < -0.4 is 0 Å². The average Bonchev–Trinajstić information content (AvgIpc) is 2.93. The van der Waals surface area contributed by atoms with Gasteiger partial charge in [0.25, 0.3) is 0 Å². The molecule has 1 aliphatic heterocycles. The van der Waals surface area contributed by atoms with Gasteiger partial charge in [0.15, 0.2) is 12.2 Å². The molecule has 0 radical (unpaired) electrons. The molecule has 8 nitrogen and oxygen atoms in total. The second-order valence-corrected chi connectivity index (χ2v) is 6.94. The molecule has 0 unspecified atom stereocenters. The van der Waals surface area contributed by atoms with Crippen LogP contribution in [0.25, 0.3) is 0 Å². The van der Waals surface area contributed by atoms with Crippen LogP contribution in [0.4, 0.5) is 0 Å². The molecule has 1 N–H and O–H groups in total. The zero-order valence-corrected chi connectivity index (χ0v) is 16.4. The lowest BCUT2D eigenvalue weighted by molar-refractivity contribution is -0.166. The molecule has 8 heteroatoms. The summed E-state index contributed by atoms with van der Waals surface area (Å²) in [6.45, 7) is 9.59. The van der Waals surface area contributed by atoms with E-state index in [2.05, 4.69) is 13.2 Å². The second kappa shape index (κ2) is 9.47. The standard InChI is InChI=1S/C21H24O8/c1-11(2)20(25)29-19-17-12(3)21(26)28-16(17)8-14(9-22)6-5-7-15(10-23)18(19)27-13(4)24/h7-8,10,16-19,22H,1,3,5-6,9H2,2,4H3/b14-8-,15-7-/t16-,17-,18+,19-/m1/s1. The minimum atomic E-state index is -1.27. The fourth-order valence-corrected chi connectivity index (χ4v) is 3.28. The van der Waals surface area contributed by atoms with Crippen molar-refractivity contribution in [1.29, 1.82) is 0 Å². The van der Waals surface area contributed by atoms with Gasteiger partial charge in [-0.1, -0.05) is 19.2 Å². The molecule has 1 fully saturated rings. The Balaban J connectivity index is 2.65. The highest BCUT2D eigenvalue weighted by atomic mass is 16.6. The molecule has 1 aliphatic carbocycles. The smallest absolute Gasteiger partial charge is 0.334 e. The molecular formula is C21H24O8. The lowest BCUT2D eigenvalue weighted by atomic mass is 9.83. The first kappa shape index (κ1) is 22.3. The third-order valence-electron chi connectivity index (χ3n) is 4.71. The minimum absolute atomic E-state index is 0.00558. The van der Waals surface area contributed by atoms with E-state index in [0.717, 1.165) is 6.92 Å². The van der Waals surface area contributed by atoms with Crippen LogP contribution in [-0.4, -0.2) is 54.2 Å². The van der Waals surface area contributed by atoms with Crippen molar-refractivity contribution in [3.63, 3.8) is 0 Å². The van der Waals surface area contributed by atoms with Crippen molar-refractivity contribution in [1.82, 2.24) is 0 Å². The highest BCUT2D eigenvalue weighted by Crippen LogP contribution is 2.37. The first-order valence-corrected chi connectivity index (χ1v) is 9.08. The number of carbonyl (C=O) groups is 4. The second-order valence-electron chi connectivity index (χ2n) is 6.94. The van der Waals surface area contributed by atoms with E-state index in [-0.39, 0.29) is 23.3 Å². The van der Waals surface area contributed by atoms with Crippen molar-refractivity contribution in [3.8, 4) is 0 Å². The Morgan fingerprint density at radius 1 is 1.34 bits per heavy atom. The van der Waals surface area contributed by atoms with Gasteiger partial charge in [0.2, 0.25) is 0 Å². The van der Waals surface area contributed by atoms with Crippen molar-refractivity contribution in [2.24, 2.45) is 5.92 Å². The third kappa shape index (κ3) is 5.08. The number of ether oxygens (including phenoxy) is 3. The zero-order chi connectivity index (χ0) is 21.7. The number of hydrogen-bond donors (Lipinski definition) is 1. The van der Waals surface area contributed by atoms with Gasteiger partial charge in [0.05, 0.1) is 12.5 Å². The number of aldehydes is 1. The fraction of sp³-hybridized carbons (Fsp3) is 0.429. The van der Waals surface area contributed by atoms with Gasteiger partial charge in [-0.2, -0.15) is 0 Å². The highest BCUT2D eigenvalue weighted by Gasteiger charge is 2.49. The van der Waals surface area contributed by atoms with Gasteiger partial charge in [0, 0.05) is 23.6 Å². The Morgan fingerprint density at radius 2 is 2.03 bits per heavy atom. The summed E-state index contributed by atoms with van der Waals surface area (Å²) in [6.07, 6.45) is 0.932. The summed E-state index contributed by atoms with van der Waals surface area (Å²) in [4.78, 5) is 48.0. The van der Waals surface area contributed by atoms with Gasteiger partial charge in [-0.25, -0.2) is 9.59 Å². The Hall–Kier alpha value is -3.00. The maximum Gasteiger partial charge on any atom is 0.334 e. The van der Waals surface area contributed by atoms with E-state index in [1.807, 2.05) is 0 Å². The molecule has 0 amide bonds. The van der Waals surface area contributed by atoms with Crippen molar-refractivity contribution < 1.29 is 38.5 Å². The molecule has 1 saturated heterocycles. The third-order valence-corrected chi connectivity index (χ3v) is 4.71. The normalized spacial score (nSPS) is 30.6. The van der Waals surface area contributed by atoms with E-state index in [4.69, 9.17) is 14.2 Å². The van der Waals surface area contributed by atoms with Crippen LogP contribution in [0.2, 0.25) is 0 Å². The largest absolute Gasteiger partial charge is 0.454 e.